The Morgan fingerprint density at radius 1 is 0.912 bits per heavy atom. The van der Waals surface area contributed by atoms with Crippen LogP contribution in [0.4, 0.5) is 5.69 Å². The minimum absolute atomic E-state index is 0.00337. The zero-order valence-corrected chi connectivity index (χ0v) is 21.1. The van der Waals surface area contributed by atoms with Gasteiger partial charge in [0, 0.05) is 11.7 Å². The van der Waals surface area contributed by atoms with Crippen LogP contribution in [0.5, 0.6) is 5.75 Å². The molecule has 1 saturated carbocycles. The first-order valence-electron chi connectivity index (χ1n) is 11.3. The molecule has 6 nitrogen and oxygen atoms in total. The van der Waals surface area contributed by atoms with E-state index in [0.717, 1.165) is 47.7 Å². The number of carbonyl (C=O) groups excluding carboxylic acids is 1. The molecule has 1 amide bonds. The lowest BCUT2D eigenvalue weighted by atomic mass is 9.96. The number of hydrogen-bond acceptors (Lipinski definition) is 4. The highest BCUT2D eigenvalue weighted by atomic mass is 79.9. The highest BCUT2D eigenvalue weighted by molar-refractivity contribution is 9.10. The lowest BCUT2D eigenvalue weighted by molar-refractivity contribution is -0.118. The molecule has 1 aliphatic carbocycles. The summed E-state index contributed by atoms with van der Waals surface area (Å²) >= 11 is 3.50. The SMILES string of the molecule is O=C(COc1ccc(-c2ccccc2)cc1Br)Nc1ccc(S(=O)(=O)NC2CCCCC2)cc1. The van der Waals surface area contributed by atoms with Gasteiger partial charge >= 0.3 is 0 Å². The predicted octanol–water partition coefficient (Wildman–Crippen LogP) is 5.74. The summed E-state index contributed by atoms with van der Waals surface area (Å²) in [5.74, 6) is 0.222. The molecular formula is C26H27BrN2O4S. The van der Waals surface area contributed by atoms with E-state index in [-0.39, 0.29) is 23.5 Å². The largest absolute Gasteiger partial charge is 0.483 e. The molecule has 4 rings (SSSR count). The normalized spacial score (nSPS) is 14.5. The average molecular weight is 543 g/mol. The molecule has 0 spiro atoms. The van der Waals surface area contributed by atoms with E-state index in [9.17, 15) is 13.2 Å². The molecule has 0 atom stereocenters. The van der Waals surface area contributed by atoms with Gasteiger partial charge in [0.2, 0.25) is 10.0 Å². The van der Waals surface area contributed by atoms with Gasteiger partial charge in [-0.25, -0.2) is 13.1 Å². The molecule has 0 bridgehead atoms. The van der Waals surface area contributed by atoms with Gasteiger partial charge in [-0.2, -0.15) is 0 Å². The van der Waals surface area contributed by atoms with Crippen molar-refractivity contribution in [3.63, 3.8) is 0 Å². The summed E-state index contributed by atoms with van der Waals surface area (Å²) in [4.78, 5) is 12.5. The number of anilines is 1. The highest BCUT2D eigenvalue weighted by Crippen LogP contribution is 2.30. The van der Waals surface area contributed by atoms with Crippen molar-refractivity contribution in [2.24, 2.45) is 0 Å². The molecule has 0 aromatic heterocycles. The first-order valence-corrected chi connectivity index (χ1v) is 13.6. The Labute approximate surface area is 208 Å². The number of sulfonamides is 1. The highest BCUT2D eigenvalue weighted by Gasteiger charge is 2.21. The molecule has 178 valence electrons. The van der Waals surface area contributed by atoms with Gasteiger partial charge in [0.25, 0.3) is 5.91 Å². The fourth-order valence-corrected chi connectivity index (χ4v) is 5.79. The Kier molecular flexibility index (Phi) is 8.03. The molecular weight excluding hydrogens is 516 g/mol. The number of nitrogens with one attached hydrogen (secondary N) is 2. The minimum Gasteiger partial charge on any atom is -0.483 e. The maximum atomic E-state index is 12.6. The van der Waals surface area contributed by atoms with Crippen LogP contribution in [-0.4, -0.2) is 27.0 Å². The van der Waals surface area contributed by atoms with Gasteiger partial charge in [0.05, 0.1) is 9.37 Å². The monoisotopic (exact) mass is 542 g/mol. The summed E-state index contributed by atoms with van der Waals surface area (Å²) < 4.78 is 34.4. The summed E-state index contributed by atoms with van der Waals surface area (Å²) in [5.41, 5.74) is 2.63. The Morgan fingerprint density at radius 2 is 1.62 bits per heavy atom. The van der Waals surface area contributed by atoms with Crippen LogP contribution >= 0.6 is 15.9 Å². The van der Waals surface area contributed by atoms with Gasteiger partial charge in [-0.1, -0.05) is 55.7 Å². The second-order valence-electron chi connectivity index (χ2n) is 8.33. The van der Waals surface area contributed by atoms with Gasteiger partial charge in [-0.05, 0) is 76.3 Å². The number of ether oxygens (including phenoxy) is 1. The zero-order chi connectivity index (χ0) is 24.0. The summed E-state index contributed by atoms with van der Waals surface area (Å²) in [6.45, 7) is -0.174. The molecule has 0 heterocycles. The third-order valence-electron chi connectivity index (χ3n) is 5.77. The van der Waals surface area contributed by atoms with Gasteiger partial charge in [-0.15, -0.1) is 0 Å². The smallest absolute Gasteiger partial charge is 0.262 e. The summed E-state index contributed by atoms with van der Waals surface area (Å²) in [6, 6.07) is 21.8. The van der Waals surface area contributed by atoms with Crippen LogP contribution in [-0.2, 0) is 14.8 Å². The van der Waals surface area contributed by atoms with Crippen LogP contribution in [0.15, 0.2) is 82.2 Å². The van der Waals surface area contributed by atoms with Gasteiger partial charge in [0.1, 0.15) is 5.75 Å². The topological polar surface area (TPSA) is 84.5 Å². The van der Waals surface area contributed by atoms with Gasteiger partial charge in [0.15, 0.2) is 6.61 Å². The molecule has 1 aliphatic rings. The van der Waals surface area contributed by atoms with E-state index >= 15 is 0 Å². The van der Waals surface area contributed by atoms with Crippen LogP contribution in [0, 0.1) is 0 Å². The standard InChI is InChI=1S/C26H27BrN2O4S/c27-24-17-20(19-7-3-1-4-8-19)11-16-25(24)33-18-26(30)28-21-12-14-23(15-13-21)34(31,32)29-22-9-5-2-6-10-22/h1,3-4,7-8,11-17,22,29H,2,5-6,9-10,18H2,(H,28,30). The summed E-state index contributed by atoms with van der Waals surface area (Å²) in [7, 11) is -3.57. The second kappa shape index (κ2) is 11.2. The Morgan fingerprint density at radius 3 is 2.29 bits per heavy atom. The van der Waals surface area contributed by atoms with Crippen molar-refractivity contribution in [3.8, 4) is 16.9 Å². The second-order valence-corrected chi connectivity index (χ2v) is 10.9. The van der Waals surface area contributed by atoms with Gasteiger partial charge in [-0.3, -0.25) is 4.79 Å². The Bertz CT molecular complexity index is 1230. The van der Waals surface area contributed by atoms with Crippen molar-refractivity contribution in [3.05, 3.63) is 77.3 Å². The maximum Gasteiger partial charge on any atom is 0.262 e. The van der Waals surface area contributed by atoms with Crippen molar-refractivity contribution < 1.29 is 17.9 Å². The summed E-state index contributed by atoms with van der Waals surface area (Å²) in [6.07, 6.45) is 5.01. The molecule has 1 fully saturated rings. The van der Waals surface area contributed by atoms with Crippen LogP contribution in [0.1, 0.15) is 32.1 Å². The minimum atomic E-state index is -3.57. The Hall–Kier alpha value is -2.68. The van der Waals surface area contributed by atoms with Gasteiger partial charge < -0.3 is 10.1 Å². The molecule has 0 unspecified atom stereocenters. The average Bonchev–Trinajstić information content (AvgIpc) is 2.84. The van der Waals surface area contributed by atoms with Crippen molar-refractivity contribution in [2.45, 2.75) is 43.0 Å². The number of rotatable bonds is 8. The first-order chi connectivity index (χ1) is 16.4. The van der Waals surface area contributed by atoms with E-state index in [1.807, 2.05) is 48.5 Å². The number of amides is 1. The summed E-state index contributed by atoms with van der Waals surface area (Å²) in [5, 5.41) is 2.73. The van der Waals surface area contributed by atoms with E-state index in [1.54, 1.807) is 12.1 Å². The molecule has 3 aromatic carbocycles. The molecule has 0 aliphatic heterocycles. The van der Waals surface area contributed by atoms with Crippen LogP contribution in [0.25, 0.3) is 11.1 Å². The van der Waals surface area contributed by atoms with Crippen molar-refractivity contribution >= 4 is 37.5 Å². The molecule has 0 saturated heterocycles. The molecule has 8 heteroatoms. The fourth-order valence-electron chi connectivity index (χ4n) is 3.99. The van der Waals surface area contributed by atoms with Crippen LogP contribution < -0.4 is 14.8 Å². The molecule has 34 heavy (non-hydrogen) atoms. The zero-order valence-electron chi connectivity index (χ0n) is 18.7. The third-order valence-corrected chi connectivity index (χ3v) is 7.93. The molecule has 3 aromatic rings. The lowest BCUT2D eigenvalue weighted by Gasteiger charge is -2.22. The van der Waals surface area contributed by atoms with E-state index in [1.165, 1.54) is 12.1 Å². The van der Waals surface area contributed by atoms with Crippen molar-refractivity contribution in [1.29, 1.82) is 0 Å². The van der Waals surface area contributed by atoms with E-state index in [2.05, 4.69) is 26.0 Å². The number of carbonyl (C=O) groups is 1. The first kappa shape index (κ1) is 24.4. The Balaban J connectivity index is 1.31. The van der Waals surface area contributed by atoms with Crippen LogP contribution in [0.3, 0.4) is 0 Å². The van der Waals surface area contributed by atoms with E-state index in [4.69, 9.17) is 4.74 Å². The maximum absolute atomic E-state index is 12.6. The van der Waals surface area contributed by atoms with E-state index < -0.39 is 10.0 Å². The number of hydrogen-bond donors (Lipinski definition) is 2. The number of halogens is 1. The van der Waals surface area contributed by atoms with Crippen LogP contribution in [0.2, 0.25) is 0 Å². The van der Waals surface area contributed by atoms with Crippen molar-refractivity contribution in [1.82, 2.24) is 4.72 Å². The fraction of sp³-hybridized carbons (Fsp3) is 0.269. The molecule has 2 N–H and O–H groups in total. The molecule has 0 radical (unpaired) electrons. The lowest BCUT2D eigenvalue weighted by Crippen LogP contribution is -2.36. The third kappa shape index (κ3) is 6.46. The van der Waals surface area contributed by atoms with Crippen molar-refractivity contribution in [2.75, 3.05) is 11.9 Å². The number of benzene rings is 3. The quantitative estimate of drug-likeness (QED) is 0.379. The van der Waals surface area contributed by atoms with E-state index in [0.29, 0.717) is 11.4 Å². The predicted molar refractivity (Wildman–Crippen MR) is 137 cm³/mol.